The Morgan fingerprint density at radius 1 is 1.38 bits per heavy atom. The minimum absolute atomic E-state index is 0.774. The van der Waals surface area contributed by atoms with Crippen LogP contribution in [0.5, 0.6) is 5.75 Å². The van der Waals surface area contributed by atoms with Crippen molar-refractivity contribution in [3.63, 3.8) is 0 Å². The average molecular weight is 286 g/mol. The first-order chi connectivity index (χ1) is 7.63. The van der Waals surface area contributed by atoms with Crippen LogP contribution in [0.25, 0.3) is 0 Å². The third-order valence-corrected chi connectivity index (χ3v) is 3.14. The first-order valence-corrected chi connectivity index (χ1v) is 6.50. The summed E-state index contributed by atoms with van der Waals surface area (Å²) in [5.41, 5.74) is 1.10. The molecule has 0 heterocycles. The smallest absolute Gasteiger partial charge is 0.121 e. The van der Waals surface area contributed by atoms with E-state index in [-0.39, 0.29) is 0 Å². The zero-order valence-corrected chi connectivity index (χ0v) is 11.8. The second-order valence-corrected chi connectivity index (χ2v) is 5.16. The molecule has 3 heteroatoms. The van der Waals surface area contributed by atoms with E-state index in [0.29, 0.717) is 0 Å². The second-order valence-electron chi connectivity index (χ2n) is 4.31. The summed E-state index contributed by atoms with van der Waals surface area (Å²) < 4.78 is 6.27. The molecule has 0 bridgehead atoms. The molecule has 2 nitrogen and oxygen atoms in total. The molecular formula is C13H20BrNO. The highest BCUT2D eigenvalue weighted by atomic mass is 79.9. The number of methoxy groups -OCH3 is 1. The molecule has 0 unspecified atom stereocenters. The number of anilines is 1. The van der Waals surface area contributed by atoms with Crippen molar-refractivity contribution in [2.75, 3.05) is 19.0 Å². The van der Waals surface area contributed by atoms with Crippen LogP contribution < -0.4 is 10.1 Å². The Kier molecular flexibility index (Phi) is 5.67. The fraction of sp³-hybridized carbons (Fsp3) is 0.538. The lowest BCUT2D eigenvalue weighted by atomic mass is 10.1. The zero-order chi connectivity index (χ0) is 12.0. The lowest BCUT2D eigenvalue weighted by molar-refractivity contribution is 0.415. The fourth-order valence-electron chi connectivity index (χ4n) is 1.50. The van der Waals surface area contributed by atoms with Gasteiger partial charge < -0.3 is 10.1 Å². The van der Waals surface area contributed by atoms with Crippen molar-refractivity contribution in [1.29, 1.82) is 0 Å². The van der Waals surface area contributed by atoms with Gasteiger partial charge in [-0.15, -0.1) is 0 Å². The van der Waals surface area contributed by atoms with Crippen LogP contribution in [0.2, 0.25) is 0 Å². The second kappa shape index (κ2) is 6.79. The van der Waals surface area contributed by atoms with Gasteiger partial charge in [0, 0.05) is 17.1 Å². The van der Waals surface area contributed by atoms with E-state index in [2.05, 4.69) is 35.1 Å². The van der Waals surface area contributed by atoms with Crippen molar-refractivity contribution in [2.45, 2.75) is 26.7 Å². The van der Waals surface area contributed by atoms with Gasteiger partial charge in [0.05, 0.1) is 12.8 Å². The minimum Gasteiger partial charge on any atom is -0.497 e. The van der Waals surface area contributed by atoms with Gasteiger partial charge >= 0.3 is 0 Å². The largest absolute Gasteiger partial charge is 0.497 e. The molecule has 1 aromatic carbocycles. The lowest BCUT2D eigenvalue weighted by Gasteiger charge is -2.11. The van der Waals surface area contributed by atoms with E-state index < -0.39 is 0 Å². The Labute approximate surface area is 107 Å². The maximum atomic E-state index is 5.19. The average Bonchev–Trinajstić information content (AvgIpc) is 2.26. The van der Waals surface area contributed by atoms with E-state index in [0.717, 1.165) is 28.4 Å². The predicted octanol–water partition coefficient (Wildman–Crippen LogP) is 4.31. The summed E-state index contributed by atoms with van der Waals surface area (Å²) in [5, 5.41) is 3.42. The molecule has 1 rings (SSSR count). The maximum absolute atomic E-state index is 5.19. The van der Waals surface area contributed by atoms with Gasteiger partial charge in [0.25, 0.3) is 0 Å². The highest BCUT2D eigenvalue weighted by molar-refractivity contribution is 9.10. The number of hydrogen-bond donors (Lipinski definition) is 1. The topological polar surface area (TPSA) is 21.3 Å². The minimum atomic E-state index is 0.774. The van der Waals surface area contributed by atoms with Gasteiger partial charge in [0.2, 0.25) is 0 Å². The Morgan fingerprint density at radius 2 is 2.12 bits per heavy atom. The summed E-state index contributed by atoms with van der Waals surface area (Å²) >= 11 is 3.52. The molecule has 0 amide bonds. The molecule has 0 aliphatic rings. The first kappa shape index (κ1) is 13.4. The molecule has 0 saturated heterocycles. The van der Waals surface area contributed by atoms with Gasteiger partial charge in [-0.25, -0.2) is 0 Å². The maximum Gasteiger partial charge on any atom is 0.121 e. The summed E-state index contributed by atoms with van der Waals surface area (Å²) in [4.78, 5) is 0. The van der Waals surface area contributed by atoms with Crippen LogP contribution in [0, 0.1) is 5.92 Å². The van der Waals surface area contributed by atoms with Crippen molar-refractivity contribution in [3.05, 3.63) is 22.7 Å². The molecule has 0 atom stereocenters. The molecule has 0 aromatic heterocycles. The summed E-state index contributed by atoms with van der Waals surface area (Å²) in [6.45, 7) is 5.51. The molecular weight excluding hydrogens is 266 g/mol. The molecule has 16 heavy (non-hydrogen) atoms. The highest BCUT2D eigenvalue weighted by Gasteiger charge is 2.01. The third-order valence-electron chi connectivity index (χ3n) is 2.45. The van der Waals surface area contributed by atoms with Crippen LogP contribution in [-0.4, -0.2) is 13.7 Å². The van der Waals surface area contributed by atoms with Crippen molar-refractivity contribution >= 4 is 21.6 Å². The molecule has 0 radical (unpaired) electrons. The van der Waals surface area contributed by atoms with Crippen molar-refractivity contribution in [1.82, 2.24) is 0 Å². The van der Waals surface area contributed by atoms with Crippen LogP contribution in [0.4, 0.5) is 5.69 Å². The molecule has 0 aliphatic carbocycles. The number of benzene rings is 1. The molecule has 0 spiro atoms. The Balaban J connectivity index is 2.46. The molecule has 90 valence electrons. The normalized spacial score (nSPS) is 10.6. The summed E-state index contributed by atoms with van der Waals surface area (Å²) in [5.74, 6) is 1.66. The number of halogens is 1. The van der Waals surface area contributed by atoms with Crippen LogP contribution >= 0.6 is 15.9 Å². The van der Waals surface area contributed by atoms with Gasteiger partial charge in [-0.3, -0.25) is 0 Å². The van der Waals surface area contributed by atoms with Gasteiger partial charge in [0.1, 0.15) is 5.75 Å². The van der Waals surface area contributed by atoms with Crippen LogP contribution in [0.1, 0.15) is 26.7 Å². The predicted molar refractivity (Wildman–Crippen MR) is 73.3 cm³/mol. The van der Waals surface area contributed by atoms with E-state index in [1.165, 1.54) is 12.8 Å². The monoisotopic (exact) mass is 285 g/mol. The van der Waals surface area contributed by atoms with Gasteiger partial charge in [-0.05, 0) is 46.8 Å². The Hall–Kier alpha value is -0.700. The van der Waals surface area contributed by atoms with Crippen LogP contribution in [0.15, 0.2) is 22.7 Å². The summed E-state index contributed by atoms with van der Waals surface area (Å²) in [6.07, 6.45) is 2.45. The SMILES string of the molecule is COc1ccc(Br)c(NCCCC(C)C)c1. The quantitative estimate of drug-likeness (QED) is 0.787. The van der Waals surface area contributed by atoms with E-state index in [1.807, 2.05) is 18.2 Å². The zero-order valence-electron chi connectivity index (χ0n) is 10.2. The number of ether oxygens (including phenoxy) is 1. The summed E-state index contributed by atoms with van der Waals surface area (Å²) in [6, 6.07) is 5.96. The standard InChI is InChI=1S/C13H20BrNO/c1-10(2)5-4-8-15-13-9-11(16-3)6-7-12(13)14/h6-7,9-10,15H,4-5,8H2,1-3H3. The highest BCUT2D eigenvalue weighted by Crippen LogP contribution is 2.27. The van der Waals surface area contributed by atoms with Gasteiger partial charge in [-0.1, -0.05) is 13.8 Å². The van der Waals surface area contributed by atoms with E-state index in [4.69, 9.17) is 4.74 Å². The van der Waals surface area contributed by atoms with Gasteiger partial charge in [-0.2, -0.15) is 0 Å². The summed E-state index contributed by atoms with van der Waals surface area (Å²) in [7, 11) is 1.69. The fourth-order valence-corrected chi connectivity index (χ4v) is 1.89. The van der Waals surface area contributed by atoms with Crippen LogP contribution in [0.3, 0.4) is 0 Å². The lowest BCUT2D eigenvalue weighted by Crippen LogP contribution is -2.03. The van der Waals surface area contributed by atoms with E-state index in [9.17, 15) is 0 Å². The van der Waals surface area contributed by atoms with Gasteiger partial charge in [0.15, 0.2) is 0 Å². The van der Waals surface area contributed by atoms with E-state index in [1.54, 1.807) is 7.11 Å². The molecule has 0 fully saturated rings. The van der Waals surface area contributed by atoms with Crippen molar-refractivity contribution in [3.8, 4) is 5.75 Å². The Bertz CT molecular complexity index is 326. The Morgan fingerprint density at radius 3 is 2.75 bits per heavy atom. The number of nitrogens with one attached hydrogen (secondary N) is 1. The van der Waals surface area contributed by atoms with E-state index >= 15 is 0 Å². The molecule has 0 aliphatic heterocycles. The number of rotatable bonds is 6. The first-order valence-electron chi connectivity index (χ1n) is 5.71. The molecule has 1 N–H and O–H groups in total. The van der Waals surface area contributed by atoms with Crippen LogP contribution in [-0.2, 0) is 0 Å². The third kappa shape index (κ3) is 4.44. The van der Waals surface area contributed by atoms with Crippen molar-refractivity contribution < 1.29 is 4.74 Å². The van der Waals surface area contributed by atoms with Crippen molar-refractivity contribution in [2.24, 2.45) is 5.92 Å². The molecule has 1 aromatic rings. The molecule has 0 saturated carbocycles. The number of hydrogen-bond acceptors (Lipinski definition) is 2.